The Balaban J connectivity index is 2.10. The summed E-state index contributed by atoms with van der Waals surface area (Å²) in [7, 11) is 1.52. The molecule has 0 amide bonds. The smallest absolute Gasteiger partial charge is 0.195 e. The number of H-pyrrole nitrogens is 1. The van der Waals surface area contributed by atoms with Gasteiger partial charge in [0.25, 0.3) is 0 Å². The van der Waals surface area contributed by atoms with E-state index < -0.39 is 0 Å². The fourth-order valence-electron chi connectivity index (χ4n) is 2.29. The summed E-state index contributed by atoms with van der Waals surface area (Å²) >= 11 is 6.00. The van der Waals surface area contributed by atoms with Gasteiger partial charge in [0.1, 0.15) is 5.75 Å². The molecular formula is C16H13ClN2O2. The number of halogens is 1. The normalized spacial score (nSPS) is 10.8. The second kappa shape index (κ2) is 5.14. The van der Waals surface area contributed by atoms with Crippen molar-refractivity contribution in [2.24, 2.45) is 0 Å². The number of nitrogen functional groups attached to an aromatic ring is 1. The van der Waals surface area contributed by atoms with E-state index in [0.717, 1.165) is 10.9 Å². The number of ether oxygens (including phenoxy) is 1. The van der Waals surface area contributed by atoms with Gasteiger partial charge >= 0.3 is 0 Å². The van der Waals surface area contributed by atoms with E-state index >= 15 is 0 Å². The molecule has 0 saturated carbocycles. The summed E-state index contributed by atoms with van der Waals surface area (Å²) < 4.78 is 5.15. The minimum absolute atomic E-state index is 0.109. The van der Waals surface area contributed by atoms with Crippen molar-refractivity contribution in [2.45, 2.75) is 0 Å². The summed E-state index contributed by atoms with van der Waals surface area (Å²) in [5.41, 5.74) is 8.22. The summed E-state index contributed by atoms with van der Waals surface area (Å²) in [4.78, 5) is 15.7. The van der Waals surface area contributed by atoms with E-state index in [2.05, 4.69) is 4.98 Å². The van der Waals surface area contributed by atoms with Gasteiger partial charge in [-0.3, -0.25) is 4.79 Å². The molecular weight excluding hydrogens is 288 g/mol. The molecule has 0 bridgehead atoms. The lowest BCUT2D eigenvalue weighted by Crippen LogP contribution is -2.02. The molecule has 1 heterocycles. The third-order valence-corrected chi connectivity index (χ3v) is 3.62. The van der Waals surface area contributed by atoms with E-state index in [0.29, 0.717) is 27.6 Å². The van der Waals surface area contributed by atoms with Gasteiger partial charge in [-0.2, -0.15) is 0 Å². The van der Waals surface area contributed by atoms with E-state index in [1.165, 1.54) is 7.11 Å². The Hall–Kier alpha value is -2.46. The molecule has 0 saturated heterocycles. The molecule has 3 rings (SSSR count). The van der Waals surface area contributed by atoms with Crippen LogP contribution >= 0.6 is 11.6 Å². The van der Waals surface area contributed by atoms with Gasteiger partial charge in [-0.1, -0.05) is 11.6 Å². The summed E-state index contributed by atoms with van der Waals surface area (Å²) in [5, 5.41) is 1.38. The zero-order chi connectivity index (χ0) is 15.0. The van der Waals surface area contributed by atoms with Gasteiger partial charge < -0.3 is 15.5 Å². The standard InChI is InChI=1S/C16H13ClN2O2/c1-21-15-6-9(2-4-13(15)18)16(20)12-8-19-14-5-3-10(17)7-11(12)14/h2-8,19H,18H2,1H3. The molecule has 0 unspecified atom stereocenters. The average molecular weight is 301 g/mol. The maximum Gasteiger partial charge on any atom is 0.195 e. The Morgan fingerprint density at radius 1 is 1.24 bits per heavy atom. The van der Waals surface area contributed by atoms with Gasteiger partial charge in [-0.25, -0.2) is 0 Å². The van der Waals surface area contributed by atoms with Crippen molar-refractivity contribution in [3.8, 4) is 5.75 Å². The maximum absolute atomic E-state index is 12.7. The number of aromatic nitrogens is 1. The van der Waals surface area contributed by atoms with Crippen molar-refractivity contribution in [3.63, 3.8) is 0 Å². The first-order valence-electron chi connectivity index (χ1n) is 6.35. The molecule has 21 heavy (non-hydrogen) atoms. The zero-order valence-electron chi connectivity index (χ0n) is 11.3. The van der Waals surface area contributed by atoms with E-state index in [-0.39, 0.29) is 5.78 Å². The summed E-state index contributed by atoms with van der Waals surface area (Å²) in [5.74, 6) is 0.376. The molecule has 0 aliphatic rings. The van der Waals surface area contributed by atoms with Gasteiger partial charge in [-0.15, -0.1) is 0 Å². The molecule has 1 aromatic heterocycles. The van der Waals surface area contributed by atoms with Crippen molar-refractivity contribution in [2.75, 3.05) is 12.8 Å². The number of carbonyl (C=O) groups is 1. The lowest BCUT2D eigenvalue weighted by Gasteiger charge is -2.06. The van der Waals surface area contributed by atoms with E-state index in [1.807, 2.05) is 6.07 Å². The zero-order valence-corrected chi connectivity index (χ0v) is 12.1. The number of anilines is 1. The van der Waals surface area contributed by atoms with Crippen molar-refractivity contribution in [1.82, 2.24) is 4.98 Å². The lowest BCUT2D eigenvalue weighted by atomic mass is 10.0. The number of nitrogens with two attached hydrogens (primary N) is 1. The number of carbonyl (C=O) groups excluding carboxylic acids is 1. The lowest BCUT2D eigenvalue weighted by molar-refractivity contribution is 0.104. The molecule has 0 radical (unpaired) electrons. The van der Waals surface area contributed by atoms with Crippen LogP contribution in [0.3, 0.4) is 0 Å². The second-order valence-corrected chi connectivity index (χ2v) is 5.11. The van der Waals surface area contributed by atoms with Crippen LogP contribution in [-0.4, -0.2) is 17.9 Å². The molecule has 3 N–H and O–H groups in total. The summed E-state index contributed by atoms with van der Waals surface area (Å²) in [6.45, 7) is 0. The van der Waals surface area contributed by atoms with Crippen LogP contribution in [0.15, 0.2) is 42.6 Å². The van der Waals surface area contributed by atoms with Crippen molar-refractivity contribution in [3.05, 3.63) is 58.7 Å². The molecule has 5 heteroatoms. The Kier molecular flexibility index (Phi) is 3.31. The van der Waals surface area contributed by atoms with E-state index in [1.54, 1.807) is 36.5 Å². The van der Waals surface area contributed by atoms with E-state index in [4.69, 9.17) is 22.1 Å². The minimum atomic E-state index is -0.109. The number of benzene rings is 2. The highest BCUT2D eigenvalue weighted by Crippen LogP contribution is 2.27. The first kappa shape index (κ1) is 13.5. The Morgan fingerprint density at radius 2 is 2.05 bits per heavy atom. The first-order valence-corrected chi connectivity index (χ1v) is 6.73. The minimum Gasteiger partial charge on any atom is -0.495 e. The van der Waals surface area contributed by atoms with Crippen molar-refractivity contribution >= 4 is 34.0 Å². The van der Waals surface area contributed by atoms with Crippen LogP contribution in [0.25, 0.3) is 10.9 Å². The third-order valence-electron chi connectivity index (χ3n) is 3.38. The summed E-state index contributed by atoms with van der Waals surface area (Å²) in [6, 6.07) is 10.4. The molecule has 0 atom stereocenters. The maximum atomic E-state index is 12.7. The van der Waals surface area contributed by atoms with Crippen molar-refractivity contribution in [1.29, 1.82) is 0 Å². The van der Waals surface area contributed by atoms with Gasteiger partial charge in [0.2, 0.25) is 0 Å². The SMILES string of the molecule is COc1cc(C(=O)c2c[nH]c3ccc(Cl)cc23)ccc1N. The first-order chi connectivity index (χ1) is 10.1. The van der Waals surface area contributed by atoms with Crippen LogP contribution in [0.5, 0.6) is 5.75 Å². The van der Waals surface area contributed by atoms with Gasteiger partial charge in [-0.05, 0) is 36.4 Å². The molecule has 2 aromatic carbocycles. The predicted octanol–water partition coefficient (Wildman–Crippen LogP) is 3.64. The number of nitrogens with one attached hydrogen (secondary N) is 1. The van der Waals surface area contributed by atoms with Gasteiger partial charge in [0.05, 0.1) is 12.8 Å². The summed E-state index contributed by atoms with van der Waals surface area (Å²) in [6.07, 6.45) is 1.69. The van der Waals surface area contributed by atoms with Crippen LogP contribution in [0.2, 0.25) is 5.02 Å². The highest BCUT2D eigenvalue weighted by Gasteiger charge is 2.16. The number of hydrogen-bond acceptors (Lipinski definition) is 3. The number of rotatable bonds is 3. The number of methoxy groups -OCH3 is 1. The highest BCUT2D eigenvalue weighted by molar-refractivity contribution is 6.31. The van der Waals surface area contributed by atoms with Gasteiger partial charge in [0, 0.05) is 33.2 Å². The molecule has 0 aliphatic heterocycles. The second-order valence-electron chi connectivity index (χ2n) is 4.68. The third kappa shape index (κ3) is 2.34. The van der Waals surface area contributed by atoms with Gasteiger partial charge in [0.15, 0.2) is 5.78 Å². The van der Waals surface area contributed by atoms with E-state index in [9.17, 15) is 4.79 Å². The number of ketones is 1. The highest BCUT2D eigenvalue weighted by atomic mass is 35.5. The molecule has 0 fully saturated rings. The Bertz CT molecular complexity index is 839. The number of fused-ring (bicyclic) bond motifs is 1. The predicted molar refractivity (Wildman–Crippen MR) is 84.1 cm³/mol. The molecule has 106 valence electrons. The molecule has 3 aromatic rings. The van der Waals surface area contributed by atoms with Crippen LogP contribution in [-0.2, 0) is 0 Å². The Labute approximate surface area is 126 Å². The topological polar surface area (TPSA) is 68.1 Å². The molecule has 0 spiro atoms. The Morgan fingerprint density at radius 3 is 2.81 bits per heavy atom. The molecule has 0 aliphatic carbocycles. The number of aromatic amines is 1. The molecule has 4 nitrogen and oxygen atoms in total. The van der Waals surface area contributed by atoms with Crippen LogP contribution in [0.4, 0.5) is 5.69 Å². The van der Waals surface area contributed by atoms with Crippen LogP contribution in [0, 0.1) is 0 Å². The fraction of sp³-hybridized carbons (Fsp3) is 0.0625. The van der Waals surface area contributed by atoms with Crippen LogP contribution in [0.1, 0.15) is 15.9 Å². The quantitative estimate of drug-likeness (QED) is 0.573. The van der Waals surface area contributed by atoms with Crippen molar-refractivity contribution < 1.29 is 9.53 Å². The average Bonchev–Trinajstić information content (AvgIpc) is 2.90. The fourth-order valence-corrected chi connectivity index (χ4v) is 2.46. The number of hydrogen-bond donors (Lipinski definition) is 2. The monoisotopic (exact) mass is 300 g/mol. The van der Waals surface area contributed by atoms with Crippen LogP contribution < -0.4 is 10.5 Å². The largest absolute Gasteiger partial charge is 0.495 e.